The van der Waals surface area contributed by atoms with Gasteiger partial charge in [0.25, 0.3) is 0 Å². The van der Waals surface area contributed by atoms with Crippen molar-refractivity contribution < 1.29 is 9.84 Å². The molecule has 21 heavy (non-hydrogen) atoms. The van der Waals surface area contributed by atoms with Crippen molar-refractivity contribution in [3.8, 4) is 5.75 Å². The Morgan fingerprint density at radius 1 is 0.905 bits per heavy atom. The lowest BCUT2D eigenvalue weighted by Gasteiger charge is -2.15. The fraction of sp³-hybridized carbons (Fsp3) is 0.389. The van der Waals surface area contributed by atoms with Crippen molar-refractivity contribution >= 4 is 0 Å². The Morgan fingerprint density at radius 3 is 2.10 bits per heavy atom. The lowest BCUT2D eigenvalue weighted by molar-refractivity contribution is 0.215. The third kappa shape index (κ3) is 4.05. The van der Waals surface area contributed by atoms with E-state index in [1.165, 1.54) is 5.56 Å². The highest BCUT2D eigenvalue weighted by atomic mass is 16.5. The first-order chi connectivity index (χ1) is 9.97. The predicted octanol–water partition coefficient (Wildman–Crippen LogP) is 4.07. The molecule has 1 aromatic carbocycles. The Hall–Kier alpha value is -1.87. The monoisotopic (exact) mass is 285 g/mol. The number of rotatable bonds is 5. The summed E-state index contributed by atoms with van der Waals surface area (Å²) in [5.41, 5.74) is 2.87. The molecular formula is C18H23NO2. The zero-order chi connectivity index (χ0) is 15.4. The molecule has 0 fully saturated rings. The predicted molar refractivity (Wildman–Crippen MR) is 84.6 cm³/mol. The van der Waals surface area contributed by atoms with Gasteiger partial charge < -0.3 is 9.84 Å². The smallest absolute Gasteiger partial charge is 0.138 e. The summed E-state index contributed by atoms with van der Waals surface area (Å²) in [7, 11) is 0. The summed E-state index contributed by atoms with van der Waals surface area (Å²) < 4.78 is 5.62. The fourth-order valence-corrected chi connectivity index (χ4v) is 2.18. The lowest BCUT2D eigenvalue weighted by atomic mass is 9.98. The maximum absolute atomic E-state index is 10.5. The summed E-state index contributed by atoms with van der Waals surface area (Å²) in [6.07, 6.45) is 2.74. The number of aliphatic hydroxyl groups is 1. The number of nitrogens with zero attached hydrogens (tertiary/aromatic N) is 1. The van der Waals surface area contributed by atoms with Gasteiger partial charge in [-0.15, -0.1) is 0 Å². The van der Waals surface area contributed by atoms with Crippen molar-refractivity contribution in [2.45, 2.75) is 45.8 Å². The Balaban J connectivity index is 2.20. The number of hydrogen-bond donors (Lipinski definition) is 1. The molecule has 1 unspecified atom stereocenters. The lowest BCUT2D eigenvalue weighted by Crippen LogP contribution is -2.07. The van der Waals surface area contributed by atoms with Crippen LogP contribution in [0.2, 0.25) is 0 Å². The molecule has 1 heterocycles. The van der Waals surface area contributed by atoms with Gasteiger partial charge in [-0.1, -0.05) is 38.1 Å². The molecular weight excluding hydrogens is 262 g/mol. The van der Waals surface area contributed by atoms with Gasteiger partial charge >= 0.3 is 0 Å². The van der Waals surface area contributed by atoms with Crippen molar-refractivity contribution in [2.75, 3.05) is 0 Å². The number of hydrogen-bond acceptors (Lipinski definition) is 3. The molecule has 1 N–H and O–H groups in total. The SMILES string of the molecule is CC(C)Oc1cncc(C(O)c2ccc(C(C)C)cc2)c1. The van der Waals surface area contributed by atoms with Crippen molar-refractivity contribution in [3.05, 3.63) is 59.4 Å². The molecule has 2 aromatic rings. The molecule has 1 atom stereocenters. The number of benzene rings is 1. The minimum atomic E-state index is -0.686. The van der Waals surface area contributed by atoms with Gasteiger partial charge in [-0.05, 0) is 37.0 Å². The first-order valence-corrected chi connectivity index (χ1v) is 7.37. The first kappa shape index (κ1) is 15.5. The quantitative estimate of drug-likeness (QED) is 0.900. The zero-order valence-electron chi connectivity index (χ0n) is 13.1. The van der Waals surface area contributed by atoms with Gasteiger partial charge in [-0.25, -0.2) is 0 Å². The maximum atomic E-state index is 10.5. The summed E-state index contributed by atoms with van der Waals surface area (Å²) in [4.78, 5) is 4.15. The molecule has 0 spiro atoms. The molecule has 112 valence electrons. The van der Waals surface area contributed by atoms with E-state index in [2.05, 4.69) is 31.0 Å². The molecule has 0 bridgehead atoms. The molecule has 0 saturated carbocycles. The normalized spacial score (nSPS) is 12.7. The van der Waals surface area contributed by atoms with Crippen LogP contribution < -0.4 is 4.74 Å². The topological polar surface area (TPSA) is 42.4 Å². The number of ether oxygens (including phenoxy) is 1. The molecule has 0 saturated heterocycles. The molecule has 0 aliphatic heterocycles. The van der Waals surface area contributed by atoms with Crippen molar-refractivity contribution in [1.82, 2.24) is 4.98 Å². The van der Waals surface area contributed by atoms with E-state index in [0.29, 0.717) is 11.7 Å². The van der Waals surface area contributed by atoms with Crippen LogP contribution in [0.1, 0.15) is 56.4 Å². The van der Waals surface area contributed by atoms with E-state index >= 15 is 0 Å². The van der Waals surface area contributed by atoms with Crippen LogP contribution in [0.15, 0.2) is 42.7 Å². The Bertz CT molecular complexity index is 576. The van der Waals surface area contributed by atoms with E-state index in [4.69, 9.17) is 4.74 Å². The zero-order valence-corrected chi connectivity index (χ0v) is 13.1. The molecule has 2 rings (SSSR count). The summed E-state index contributed by atoms with van der Waals surface area (Å²) >= 11 is 0. The fourth-order valence-electron chi connectivity index (χ4n) is 2.18. The van der Waals surface area contributed by atoms with Gasteiger partial charge in [-0.2, -0.15) is 0 Å². The van der Waals surface area contributed by atoms with Crippen LogP contribution in [0.5, 0.6) is 5.75 Å². The van der Waals surface area contributed by atoms with Crippen LogP contribution in [0, 0.1) is 0 Å². The third-order valence-corrected chi connectivity index (χ3v) is 3.34. The van der Waals surface area contributed by atoms with Crippen LogP contribution in [0.4, 0.5) is 0 Å². The molecule has 3 heteroatoms. The van der Waals surface area contributed by atoms with Gasteiger partial charge in [0, 0.05) is 11.8 Å². The van der Waals surface area contributed by atoms with Crippen molar-refractivity contribution in [2.24, 2.45) is 0 Å². The molecule has 0 amide bonds. The highest BCUT2D eigenvalue weighted by Gasteiger charge is 2.12. The minimum absolute atomic E-state index is 0.0875. The van der Waals surface area contributed by atoms with Crippen LogP contribution in [-0.2, 0) is 0 Å². The maximum Gasteiger partial charge on any atom is 0.138 e. The van der Waals surface area contributed by atoms with Gasteiger partial charge in [0.2, 0.25) is 0 Å². The third-order valence-electron chi connectivity index (χ3n) is 3.34. The second-order valence-electron chi connectivity index (χ2n) is 5.84. The minimum Gasteiger partial charge on any atom is -0.489 e. The summed E-state index contributed by atoms with van der Waals surface area (Å²) in [6.45, 7) is 8.24. The van der Waals surface area contributed by atoms with E-state index in [1.807, 2.05) is 32.0 Å². The van der Waals surface area contributed by atoms with Gasteiger partial charge in [-0.3, -0.25) is 4.98 Å². The number of aliphatic hydroxyl groups excluding tert-OH is 1. The molecule has 0 aliphatic carbocycles. The van der Waals surface area contributed by atoms with Crippen molar-refractivity contribution in [1.29, 1.82) is 0 Å². The van der Waals surface area contributed by atoms with Crippen LogP contribution in [-0.4, -0.2) is 16.2 Å². The second kappa shape index (κ2) is 6.72. The number of pyridine rings is 1. The Morgan fingerprint density at radius 2 is 1.52 bits per heavy atom. The van der Waals surface area contributed by atoms with E-state index < -0.39 is 6.10 Å². The van der Waals surface area contributed by atoms with Crippen LogP contribution in [0.25, 0.3) is 0 Å². The van der Waals surface area contributed by atoms with Gasteiger partial charge in [0.15, 0.2) is 0 Å². The highest BCUT2D eigenvalue weighted by Crippen LogP contribution is 2.26. The van der Waals surface area contributed by atoms with Gasteiger partial charge in [0.05, 0.1) is 12.3 Å². The first-order valence-electron chi connectivity index (χ1n) is 7.37. The largest absolute Gasteiger partial charge is 0.489 e. The molecule has 0 aliphatic rings. The average molecular weight is 285 g/mol. The number of aromatic nitrogens is 1. The average Bonchev–Trinajstić information content (AvgIpc) is 2.46. The summed E-state index contributed by atoms with van der Waals surface area (Å²) in [5.74, 6) is 1.17. The van der Waals surface area contributed by atoms with E-state index in [1.54, 1.807) is 12.4 Å². The Kier molecular flexibility index (Phi) is 4.97. The highest BCUT2D eigenvalue weighted by molar-refractivity contribution is 5.34. The van der Waals surface area contributed by atoms with Crippen molar-refractivity contribution in [3.63, 3.8) is 0 Å². The Labute approximate surface area is 126 Å². The van der Waals surface area contributed by atoms with Gasteiger partial charge in [0.1, 0.15) is 11.9 Å². The van der Waals surface area contributed by atoms with Crippen LogP contribution in [0.3, 0.4) is 0 Å². The molecule has 0 radical (unpaired) electrons. The molecule has 3 nitrogen and oxygen atoms in total. The van der Waals surface area contributed by atoms with Crippen LogP contribution >= 0.6 is 0 Å². The van der Waals surface area contributed by atoms with E-state index in [9.17, 15) is 5.11 Å². The second-order valence-corrected chi connectivity index (χ2v) is 5.84. The van der Waals surface area contributed by atoms with E-state index in [-0.39, 0.29) is 6.10 Å². The molecule has 1 aromatic heterocycles. The van der Waals surface area contributed by atoms with E-state index in [0.717, 1.165) is 11.1 Å². The standard InChI is InChI=1S/C18H23NO2/c1-12(2)14-5-7-15(8-6-14)18(20)16-9-17(11-19-10-16)21-13(3)4/h5-13,18,20H,1-4H3. The summed E-state index contributed by atoms with van der Waals surface area (Å²) in [6, 6.07) is 9.90. The summed E-state index contributed by atoms with van der Waals surface area (Å²) in [5, 5.41) is 10.5.